The zero-order valence-electron chi connectivity index (χ0n) is 7.72. The van der Waals surface area contributed by atoms with Gasteiger partial charge in [-0.05, 0) is 44.4 Å². The Kier molecular flexibility index (Phi) is 2.37. The Morgan fingerprint density at radius 3 is 2.83 bits per heavy atom. The van der Waals surface area contributed by atoms with Gasteiger partial charge in [-0.2, -0.15) is 0 Å². The van der Waals surface area contributed by atoms with E-state index in [0.29, 0.717) is 0 Å². The molecule has 12 heavy (non-hydrogen) atoms. The predicted octanol–water partition coefficient (Wildman–Crippen LogP) is 1.68. The van der Waals surface area contributed by atoms with E-state index in [1.54, 1.807) is 0 Å². The van der Waals surface area contributed by atoms with Gasteiger partial charge >= 0.3 is 0 Å². The summed E-state index contributed by atoms with van der Waals surface area (Å²) in [5.41, 5.74) is 6.33. The third-order valence-corrected chi connectivity index (χ3v) is 3.16. The lowest BCUT2D eigenvalue weighted by atomic mass is 9.92. The lowest BCUT2D eigenvalue weighted by Crippen LogP contribution is -2.25. The van der Waals surface area contributed by atoms with Crippen LogP contribution < -0.4 is 5.73 Å². The van der Waals surface area contributed by atoms with Crippen LogP contribution in [0, 0.1) is 5.92 Å². The molecule has 0 aromatic rings. The first kappa shape index (κ1) is 8.52. The van der Waals surface area contributed by atoms with Crippen molar-refractivity contribution in [1.29, 1.82) is 0 Å². The minimum absolute atomic E-state index is 0.245. The van der Waals surface area contributed by atoms with Crippen molar-refractivity contribution in [2.24, 2.45) is 11.7 Å². The van der Waals surface area contributed by atoms with Crippen LogP contribution in [-0.2, 0) is 4.74 Å². The Morgan fingerprint density at radius 1 is 1.25 bits per heavy atom. The fourth-order valence-electron chi connectivity index (χ4n) is 2.11. The van der Waals surface area contributed by atoms with Crippen LogP contribution in [0.4, 0.5) is 0 Å². The summed E-state index contributed by atoms with van der Waals surface area (Å²) >= 11 is 0. The monoisotopic (exact) mass is 169 g/mol. The Morgan fingerprint density at radius 2 is 2.08 bits per heavy atom. The second kappa shape index (κ2) is 3.35. The molecule has 1 aliphatic carbocycles. The van der Waals surface area contributed by atoms with Gasteiger partial charge in [0.2, 0.25) is 0 Å². The number of ether oxygens (including phenoxy) is 1. The topological polar surface area (TPSA) is 35.2 Å². The molecule has 1 atom stereocenters. The van der Waals surface area contributed by atoms with E-state index in [9.17, 15) is 0 Å². The van der Waals surface area contributed by atoms with Crippen molar-refractivity contribution in [2.45, 2.75) is 44.1 Å². The van der Waals surface area contributed by atoms with Crippen molar-refractivity contribution < 1.29 is 4.74 Å². The first-order chi connectivity index (χ1) is 5.79. The average molecular weight is 169 g/mol. The van der Waals surface area contributed by atoms with Crippen LogP contribution >= 0.6 is 0 Å². The lowest BCUT2D eigenvalue weighted by molar-refractivity contribution is 0.140. The summed E-state index contributed by atoms with van der Waals surface area (Å²) in [5.74, 6) is 0.847. The van der Waals surface area contributed by atoms with Crippen molar-refractivity contribution >= 4 is 0 Å². The van der Waals surface area contributed by atoms with E-state index in [0.717, 1.165) is 19.1 Å². The summed E-state index contributed by atoms with van der Waals surface area (Å²) in [6.07, 6.45) is 7.56. The van der Waals surface area contributed by atoms with Gasteiger partial charge in [0.25, 0.3) is 0 Å². The molecular formula is C10H19NO. The van der Waals surface area contributed by atoms with Crippen molar-refractivity contribution in [1.82, 2.24) is 0 Å². The van der Waals surface area contributed by atoms with Crippen molar-refractivity contribution in [3.8, 4) is 0 Å². The van der Waals surface area contributed by atoms with Gasteiger partial charge in [-0.3, -0.25) is 0 Å². The number of rotatable bonds is 2. The van der Waals surface area contributed by atoms with Crippen LogP contribution in [0.15, 0.2) is 0 Å². The largest absolute Gasteiger partial charge is 0.381 e. The maximum atomic E-state index is 6.09. The van der Waals surface area contributed by atoms with Gasteiger partial charge in [0.05, 0.1) is 0 Å². The van der Waals surface area contributed by atoms with Gasteiger partial charge in [-0.25, -0.2) is 0 Å². The van der Waals surface area contributed by atoms with E-state index >= 15 is 0 Å². The zero-order chi connectivity index (χ0) is 8.44. The van der Waals surface area contributed by atoms with E-state index in [1.165, 1.54) is 38.5 Å². The Hall–Kier alpha value is -0.0800. The summed E-state index contributed by atoms with van der Waals surface area (Å²) in [7, 11) is 0. The fourth-order valence-corrected chi connectivity index (χ4v) is 2.11. The first-order valence-corrected chi connectivity index (χ1v) is 5.15. The Labute approximate surface area is 74.5 Å². The van der Waals surface area contributed by atoms with Crippen LogP contribution in [0.1, 0.15) is 38.5 Å². The molecule has 1 unspecified atom stereocenters. The van der Waals surface area contributed by atoms with E-state index in [1.807, 2.05) is 0 Å². The molecule has 2 rings (SSSR count). The highest BCUT2D eigenvalue weighted by Crippen LogP contribution is 2.40. The standard InChI is InChI=1S/C10H19NO/c11-10(4-5-10)8-9-2-1-6-12-7-3-9/h9H,1-8,11H2. The van der Waals surface area contributed by atoms with Gasteiger partial charge in [0, 0.05) is 18.8 Å². The van der Waals surface area contributed by atoms with Gasteiger partial charge in [0.1, 0.15) is 0 Å². The summed E-state index contributed by atoms with van der Waals surface area (Å²) in [4.78, 5) is 0. The Bertz CT molecular complexity index is 146. The van der Waals surface area contributed by atoms with Crippen molar-refractivity contribution in [2.75, 3.05) is 13.2 Å². The molecule has 1 saturated carbocycles. The molecular weight excluding hydrogens is 150 g/mol. The van der Waals surface area contributed by atoms with Crippen LogP contribution in [0.25, 0.3) is 0 Å². The number of nitrogens with two attached hydrogens (primary N) is 1. The van der Waals surface area contributed by atoms with Crippen molar-refractivity contribution in [3.63, 3.8) is 0 Å². The molecule has 2 N–H and O–H groups in total. The van der Waals surface area contributed by atoms with Crippen LogP contribution in [0.5, 0.6) is 0 Å². The number of hydrogen-bond donors (Lipinski definition) is 1. The maximum Gasteiger partial charge on any atom is 0.0468 e. The van der Waals surface area contributed by atoms with Gasteiger partial charge in [0.15, 0.2) is 0 Å². The summed E-state index contributed by atoms with van der Waals surface area (Å²) in [6.45, 7) is 1.93. The molecule has 2 heteroatoms. The van der Waals surface area contributed by atoms with E-state index in [2.05, 4.69) is 0 Å². The highest BCUT2D eigenvalue weighted by Gasteiger charge is 2.39. The average Bonchev–Trinajstić information content (AvgIpc) is 2.78. The van der Waals surface area contributed by atoms with Gasteiger partial charge in [-0.1, -0.05) is 0 Å². The molecule has 0 bridgehead atoms. The molecule has 1 saturated heterocycles. The SMILES string of the molecule is NC1(CC2CCCOCC2)CC1. The van der Waals surface area contributed by atoms with Crippen LogP contribution in [-0.4, -0.2) is 18.8 Å². The smallest absolute Gasteiger partial charge is 0.0468 e. The zero-order valence-corrected chi connectivity index (χ0v) is 7.72. The molecule has 2 nitrogen and oxygen atoms in total. The minimum atomic E-state index is 0.245. The first-order valence-electron chi connectivity index (χ1n) is 5.15. The van der Waals surface area contributed by atoms with Crippen LogP contribution in [0.2, 0.25) is 0 Å². The maximum absolute atomic E-state index is 6.09. The van der Waals surface area contributed by atoms with Gasteiger partial charge < -0.3 is 10.5 Å². The van der Waals surface area contributed by atoms with Gasteiger partial charge in [-0.15, -0.1) is 0 Å². The van der Waals surface area contributed by atoms with E-state index < -0.39 is 0 Å². The number of hydrogen-bond acceptors (Lipinski definition) is 2. The highest BCUT2D eigenvalue weighted by molar-refractivity contribution is 4.99. The van der Waals surface area contributed by atoms with E-state index in [4.69, 9.17) is 10.5 Å². The predicted molar refractivity (Wildman–Crippen MR) is 48.9 cm³/mol. The minimum Gasteiger partial charge on any atom is -0.381 e. The molecule has 2 fully saturated rings. The summed E-state index contributed by atoms with van der Waals surface area (Å²) < 4.78 is 5.42. The molecule has 0 aromatic heterocycles. The fraction of sp³-hybridized carbons (Fsp3) is 1.00. The van der Waals surface area contributed by atoms with E-state index in [-0.39, 0.29) is 5.54 Å². The summed E-state index contributed by atoms with van der Waals surface area (Å²) in [6, 6.07) is 0. The highest BCUT2D eigenvalue weighted by atomic mass is 16.5. The third kappa shape index (κ3) is 2.20. The molecule has 2 aliphatic rings. The molecule has 70 valence electrons. The molecule has 0 spiro atoms. The molecule has 0 radical (unpaired) electrons. The van der Waals surface area contributed by atoms with Crippen LogP contribution in [0.3, 0.4) is 0 Å². The molecule has 0 amide bonds. The molecule has 0 aromatic carbocycles. The molecule has 1 aliphatic heterocycles. The second-order valence-electron chi connectivity index (χ2n) is 4.48. The normalized spacial score (nSPS) is 34.2. The quantitative estimate of drug-likeness (QED) is 0.682. The molecule has 1 heterocycles. The third-order valence-electron chi connectivity index (χ3n) is 3.16. The summed E-state index contributed by atoms with van der Waals surface area (Å²) in [5, 5.41) is 0. The van der Waals surface area contributed by atoms with Crippen molar-refractivity contribution in [3.05, 3.63) is 0 Å². The second-order valence-corrected chi connectivity index (χ2v) is 4.48. The lowest BCUT2D eigenvalue weighted by Gasteiger charge is -2.17. The Balaban J connectivity index is 1.77.